The van der Waals surface area contributed by atoms with Gasteiger partial charge < -0.3 is 4.90 Å². The van der Waals surface area contributed by atoms with Crippen molar-refractivity contribution in [3.05, 3.63) is 122 Å². The van der Waals surface area contributed by atoms with Crippen molar-refractivity contribution in [2.24, 2.45) is 0 Å². The molecule has 0 aliphatic rings. The van der Waals surface area contributed by atoms with Crippen molar-refractivity contribution in [2.45, 2.75) is 0 Å². The maximum Gasteiger partial charge on any atom is 0.174 e. The van der Waals surface area contributed by atoms with Crippen LogP contribution in [0.25, 0.3) is 28.1 Å². The minimum atomic E-state index is 0.633. The van der Waals surface area contributed by atoms with Gasteiger partial charge in [0.25, 0.3) is 0 Å². The monoisotopic (exact) mass is 440 g/mol. The van der Waals surface area contributed by atoms with Gasteiger partial charge in [-0.25, -0.2) is 9.67 Å². The number of benzene rings is 4. The number of para-hydroxylation sites is 4. The lowest BCUT2D eigenvalue weighted by atomic mass is 10.1. The number of hydrogen-bond donors (Lipinski definition) is 0. The van der Waals surface area contributed by atoms with Crippen LogP contribution < -0.4 is 4.90 Å². The zero-order valence-corrected chi connectivity index (χ0v) is 18.2. The number of fused-ring (bicyclic) bond motifs is 1. The fraction of sp³-hybridized carbons (Fsp3) is 0. The Bertz CT molecular complexity index is 1500. The molecule has 0 aliphatic heterocycles. The van der Waals surface area contributed by atoms with E-state index in [-0.39, 0.29) is 0 Å². The molecule has 0 fully saturated rings. The Balaban J connectivity index is 1.32. The lowest BCUT2D eigenvalue weighted by Crippen LogP contribution is -2.09. The standard InChI is InChI=1S/C28H20N6/c1-3-9-22(10-4-1)34(23-11-5-2-6-12-23)24-17-15-21(16-18-24)27-20-33(32-31-27)28-19-29-25-13-7-8-14-26(25)30-28/h1-20H. The summed E-state index contributed by atoms with van der Waals surface area (Å²) in [6, 6.07) is 36.8. The number of rotatable bonds is 5. The molecule has 0 N–H and O–H groups in total. The SMILES string of the molecule is c1ccc(N(c2ccccc2)c2ccc(-c3cn(-c4cnc5ccccc5n4)nn3)cc2)cc1. The highest BCUT2D eigenvalue weighted by atomic mass is 15.4. The Hall–Kier alpha value is -4.84. The van der Waals surface area contributed by atoms with E-state index in [9.17, 15) is 0 Å². The molecule has 6 rings (SSSR count). The molecule has 6 aromatic rings. The average molecular weight is 441 g/mol. The van der Waals surface area contributed by atoms with E-state index in [0.717, 1.165) is 39.4 Å². The molecule has 0 amide bonds. The van der Waals surface area contributed by atoms with Crippen LogP contribution >= 0.6 is 0 Å². The van der Waals surface area contributed by atoms with Gasteiger partial charge in [0.15, 0.2) is 5.82 Å². The summed E-state index contributed by atoms with van der Waals surface area (Å²) >= 11 is 0. The Morgan fingerprint density at radius 3 is 1.85 bits per heavy atom. The molecular weight excluding hydrogens is 420 g/mol. The molecule has 162 valence electrons. The summed E-state index contributed by atoms with van der Waals surface area (Å²) < 4.78 is 1.66. The Kier molecular flexibility index (Phi) is 5.01. The predicted octanol–water partition coefficient (Wildman–Crippen LogP) is 6.35. The highest BCUT2D eigenvalue weighted by Crippen LogP contribution is 2.35. The number of aromatic nitrogens is 5. The molecule has 6 nitrogen and oxygen atoms in total. The fourth-order valence-electron chi connectivity index (χ4n) is 3.95. The summed E-state index contributed by atoms with van der Waals surface area (Å²) in [6.45, 7) is 0. The van der Waals surface area contributed by atoms with Gasteiger partial charge in [-0.15, -0.1) is 5.10 Å². The van der Waals surface area contributed by atoms with Crippen molar-refractivity contribution >= 4 is 28.1 Å². The predicted molar refractivity (Wildman–Crippen MR) is 135 cm³/mol. The number of nitrogens with zero attached hydrogens (tertiary/aromatic N) is 6. The van der Waals surface area contributed by atoms with Gasteiger partial charge in [0, 0.05) is 22.6 Å². The van der Waals surface area contributed by atoms with Crippen LogP contribution in [0.2, 0.25) is 0 Å². The highest BCUT2D eigenvalue weighted by Gasteiger charge is 2.13. The summed E-state index contributed by atoms with van der Waals surface area (Å²) in [5.74, 6) is 0.633. The minimum absolute atomic E-state index is 0.633. The van der Waals surface area contributed by atoms with E-state index in [2.05, 4.69) is 73.7 Å². The van der Waals surface area contributed by atoms with E-state index in [1.54, 1.807) is 10.9 Å². The van der Waals surface area contributed by atoms with Gasteiger partial charge in [-0.05, 0) is 48.5 Å². The molecule has 0 unspecified atom stereocenters. The lowest BCUT2D eigenvalue weighted by molar-refractivity contribution is 0.781. The van der Waals surface area contributed by atoms with Crippen LogP contribution in [-0.4, -0.2) is 25.0 Å². The third-order valence-corrected chi connectivity index (χ3v) is 5.61. The maximum absolute atomic E-state index is 4.65. The summed E-state index contributed by atoms with van der Waals surface area (Å²) in [5.41, 5.74) is 6.68. The number of hydrogen-bond acceptors (Lipinski definition) is 5. The third kappa shape index (κ3) is 3.78. The first kappa shape index (κ1) is 19.8. The molecule has 0 spiro atoms. The second-order valence-electron chi connectivity index (χ2n) is 7.82. The Morgan fingerprint density at radius 1 is 0.588 bits per heavy atom. The largest absolute Gasteiger partial charge is 0.311 e. The molecule has 0 saturated heterocycles. The van der Waals surface area contributed by atoms with E-state index in [4.69, 9.17) is 0 Å². The summed E-state index contributed by atoms with van der Waals surface area (Å²) in [5, 5.41) is 8.64. The topological polar surface area (TPSA) is 59.7 Å². The highest BCUT2D eigenvalue weighted by molar-refractivity contribution is 5.78. The van der Waals surface area contributed by atoms with Gasteiger partial charge in [0.2, 0.25) is 0 Å². The first-order valence-corrected chi connectivity index (χ1v) is 11.0. The van der Waals surface area contributed by atoms with Crippen molar-refractivity contribution in [1.29, 1.82) is 0 Å². The molecule has 6 heteroatoms. The van der Waals surface area contributed by atoms with Crippen LogP contribution in [-0.2, 0) is 0 Å². The molecule has 2 aromatic heterocycles. The second-order valence-corrected chi connectivity index (χ2v) is 7.82. The van der Waals surface area contributed by atoms with Crippen molar-refractivity contribution in [1.82, 2.24) is 25.0 Å². The van der Waals surface area contributed by atoms with Gasteiger partial charge in [-0.3, -0.25) is 4.98 Å². The molecule has 0 bridgehead atoms. The smallest absolute Gasteiger partial charge is 0.174 e. The second kappa shape index (κ2) is 8.60. The zero-order chi connectivity index (χ0) is 22.7. The van der Waals surface area contributed by atoms with Crippen LogP contribution in [0.15, 0.2) is 122 Å². The van der Waals surface area contributed by atoms with Crippen molar-refractivity contribution in [3.63, 3.8) is 0 Å². The molecule has 0 saturated carbocycles. The molecule has 0 aliphatic carbocycles. The fourth-order valence-corrected chi connectivity index (χ4v) is 3.95. The van der Waals surface area contributed by atoms with Gasteiger partial charge in [-0.1, -0.05) is 65.9 Å². The van der Waals surface area contributed by atoms with Crippen molar-refractivity contribution in [3.8, 4) is 17.1 Å². The van der Waals surface area contributed by atoms with E-state index in [0.29, 0.717) is 5.82 Å². The maximum atomic E-state index is 4.65. The van der Waals surface area contributed by atoms with Crippen molar-refractivity contribution in [2.75, 3.05) is 4.90 Å². The molecule has 0 atom stereocenters. The third-order valence-electron chi connectivity index (χ3n) is 5.61. The number of anilines is 3. The Morgan fingerprint density at radius 2 is 1.18 bits per heavy atom. The van der Waals surface area contributed by atoms with Crippen LogP contribution in [0.1, 0.15) is 0 Å². The molecular formula is C28H20N6. The lowest BCUT2D eigenvalue weighted by Gasteiger charge is -2.25. The zero-order valence-electron chi connectivity index (χ0n) is 18.2. The van der Waals surface area contributed by atoms with Crippen LogP contribution in [0.5, 0.6) is 0 Å². The molecule has 34 heavy (non-hydrogen) atoms. The Labute approximate surface area is 196 Å². The van der Waals surface area contributed by atoms with E-state index < -0.39 is 0 Å². The van der Waals surface area contributed by atoms with Gasteiger partial charge >= 0.3 is 0 Å². The average Bonchev–Trinajstić information content (AvgIpc) is 3.41. The molecule has 0 radical (unpaired) electrons. The molecule has 2 heterocycles. The first-order valence-electron chi connectivity index (χ1n) is 11.0. The minimum Gasteiger partial charge on any atom is -0.311 e. The quantitative estimate of drug-likeness (QED) is 0.313. The molecule has 4 aromatic carbocycles. The van der Waals surface area contributed by atoms with Crippen LogP contribution in [0.3, 0.4) is 0 Å². The van der Waals surface area contributed by atoms with Crippen molar-refractivity contribution < 1.29 is 0 Å². The van der Waals surface area contributed by atoms with Gasteiger partial charge in [0.05, 0.1) is 23.4 Å². The summed E-state index contributed by atoms with van der Waals surface area (Å²) in [4.78, 5) is 11.3. The van der Waals surface area contributed by atoms with Gasteiger partial charge in [0.1, 0.15) is 5.69 Å². The van der Waals surface area contributed by atoms with E-state index in [1.807, 2.05) is 66.9 Å². The summed E-state index contributed by atoms with van der Waals surface area (Å²) in [6.07, 6.45) is 3.58. The normalized spacial score (nSPS) is 10.9. The first-order chi connectivity index (χ1) is 16.8. The van der Waals surface area contributed by atoms with E-state index >= 15 is 0 Å². The van der Waals surface area contributed by atoms with Crippen LogP contribution in [0, 0.1) is 0 Å². The summed E-state index contributed by atoms with van der Waals surface area (Å²) in [7, 11) is 0. The van der Waals surface area contributed by atoms with E-state index in [1.165, 1.54) is 0 Å². The van der Waals surface area contributed by atoms with Gasteiger partial charge in [-0.2, -0.15) is 0 Å². The van der Waals surface area contributed by atoms with Crippen LogP contribution in [0.4, 0.5) is 17.1 Å².